The molecule has 0 aliphatic rings. The van der Waals surface area contributed by atoms with Crippen LogP contribution in [0.3, 0.4) is 0 Å². The summed E-state index contributed by atoms with van der Waals surface area (Å²) in [6, 6.07) is 4.14. The third-order valence-electron chi connectivity index (χ3n) is 2.74. The minimum atomic E-state index is -0.513. The van der Waals surface area contributed by atoms with Gasteiger partial charge in [0.2, 0.25) is 0 Å². The SMILES string of the molecule is Cc1ccc(-c2sc(C(=O)OC(C)(C)C)c(N)c2C)s1. The minimum absolute atomic E-state index is 0.345. The minimum Gasteiger partial charge on any atom is -0.456 e. The van der Waals surface area contributed by atoms with Gasteiger partial charge in [0, 0.05) is 9.75 Å². The van der Waals surface area contributed by atoms with E-state index in [2.05, 4.69) is 19.1 Å². The molecule has 0 fully saturated rings. The molecule has 0 saturated carbocycles. The fourth-order valence-electron chi connectivity index (χ4n) is 1.79. The number of esters is 1. The van der Waals surface area contributed by atoms with Crippen LogP contribution in [0.5, 0.6) is 0 Å². The maximum atomic E-state index is 12.2. The molecular formula is C15H19NO2S2. The molecule has 0 amide bonds. The van der Waals surface area contributed by atoms with Crippen molar-refractivity contribution in [3.05, 3.63) is 27.5 Å². The van der Waals surface area contributed by atoms with Crippen molar-refractivity contribution in [2.24, 2.45) is 0 Å². The van der Waals surface area contributed by atoms with E-state index in [0.717, 1.165) is 15.3 Å². The molecule has 0 aliphatic carbocycles. The maximum Gasteiger partial charge on any atom is 0.351 e. The molecule has 0 atom stereocenters. The summed E-state index contributed by atoms with van der Waals surface area (Å²) in [5.41, 5.74) is 7.06. The quantitative estimate of drug-likeness (QED) is 0.823. The number of anilines is 1. The van der Waals surface area contributed by atoms with Gasteiger partial charge in [-0.2, -0.15) is 0 Å². The van der Waals surface area contributed by atoms with E-state index in [9.17, 15) is 4.79 Å². The molecule has 0 radical (unpaired) electrons. The molecule has 3 nitrogen and oxygen atoms in total. The summed E-state index contributed by atoms with van der Waals surface area (Å²) in [7, 11) is 0. The van der Waals surface area contributed by atoms with Crippen LogP contribution in [0.2, 0.25) is 0 Å². The lowest BCUT2D eigenvalue weighted by atomic mass is 10.2. The molecule has 2 aromatic heterocycles. The molecule has 5 heteroatoms. The first-order valence-corrected chi connectivity index (χ1v) is 8.01. The van der Waals surface area contributed by atoms with Gasteiger partial charge < -0.3 is 10.5 Å². The molecule has 2 N–H and O–H groups in total. The van der Waals surface area contributed by atoms with Crippen LogP contribution in [-0.2, 0) is 4.74 Å². The number of hydrogen-bond donors (Lipinski definition) is 1. The van der Waals surface area contributed by atoms with E-state index in [0.29, 0.717) is 10.6 Å². The van der Waals surface area contributed by atoms with Crippen LogP contribution in [0.1, 0.15) is 40.9 Å². The number of hydrogen-bond acceptors (Lipinski definition) is 5. The Morgan fingerprint density at radius 3 is 2.35 bits per heavy atom. The highest BCUT2D eigenvalue weighted by molar-refractivity contribution is 7.23. The Bertz CT molecular complexity index is 647. The Morgan fingerprint density at radius 2 is 1.85 bits per heavy atom. The van der Waals surface area contributed by atoms with E-state index >= 15 is 0 Å². The summed E-state index contributed by atoms with van der Waals surface area (Å²) in [5, 5.41) is 0. The van der Waals surface area contributed by atoms with E-state index < -0.39 is 5.60 Å². The molecule has 0 spiro atoms. The highest BCUT2D eigenvalue weighted by Crippen LogP contribution is 2.41. The average Bonchev–Trinajstić information content (AvgIpc) is 2.83. The first-order chi connectivity index (χ1) is 9.19. The fourth-order valence-corrected chi connectivity index (χ4v) is 3.93. The van der Waals surface area contributed by atoms with Crippen molar-refractivity contribution in [2.45, 2.75) is 40.2 Å². The Kier molecular flexibility index (Phi) is 3.93. The molecule has 108 valence electrons. The lowest BCUT2D eigenvalue weighted by Crippen LogP contribution is -2.23. The Morgan fingerprint density at radius 1 is 1.20 bits per heavy atom. The number of nitrogens with two attached hydrogens (primary N) is 1. The molecule has 2 aromatic rings. The van der Waals surface area contributed by atoms with E-state index in [4.69, 9.17) is 10.5 Å². The van der Waals surface area contributed by atoms with Crippen LogP contribution >= 0.6 is 22.7 Å². The maximum absolute atomic E-state index is 12.2. The van der Waals surface area contributed by atoms with Crippen LogP contribution < -0.4 is 5.73 Å². The van der Waals surface area contributed by atoms with Crippen LogP contribution in [0.15, 0.2) is 12.1 Å². The average molecular weight is 309 g/mol. The summed E-state index contributed by atoms with van der Waals surface area (Å²) in [6.07, 6.45) is 0. The lowest BCUT2D eigenvalue weighted by molar-refractivity contribution is 0.00763. The van der Waals surface area contributed by atoms with Crippen molar-refractivity contribution >= 4 is 34.3 Å². The zero-order valence-corrected chi connectivity index (χ0v) is 14.0. The van der Waals surface area contributed by atoms with Gasteiger partial charge in [-0.05, 0) is 52.3 Å². The van der Waals surface area contributed by atoms with Crippen molar-refractivity contribution in [3.63, 3.8) is 0 Å². The number of ether oxygens (including phenoxy) is 1. The second-order valence-corrected chi connectivity index (χ2v) is 8.02. The molecule has 0 aromatic carbocycles. The molecular weight excluding hydrogens is 290 g/mol. The summed E-state index contributed by atoms with van der Waals surface area (Å²) in [4.78, 5) is 16.1. The lowest BCUT2D eigenvalue weighted by Gasteiger charge is -2.19. The van der Waals surface area contributed by atoms with Gasteiger partial charge >= 0.3 is 5.97 Å². The summed E-state index contributed by atoms with van der Waals surface area (Å²) in [5.74, 6) is -0.345. The number of carbonyl (C=O) groups is 1. The topological polar surface area (TPSA) is 52.3 Å². The number of thiophene rings is 2. The van der Waals surface area contributed by atoms with Gasteiger partial charge in [-0.3, -0.25) is 0 Å². The predicted molar refractivity (Wildman–Crippen MR) is 86.7 cm³/mol. The normalized spacial score (nSPS) is 11.7. The van der Waals surface area contributed by atoms with Gasteiger partial charge in [0.05, 0.1) is 10.6 Å². The highest BCUT2D eigenvalue weighted by atomic mass is 32.1. The number of carbonyl (C=O) groups excluding carboxylic acids is 1. The Labute approximate surface area is 127 Å². The number of aryl methyl sites for hydroxylation is 1. The second kappa shape index (κ2) is 5.22. The standard InChI is InChI=1S/C15H19NO2S2/c1-8-6-7-10(19-8)12-9(2)11(16)13(20-12)14(17)18-15(3,4)5/h6-7H,16H2,1-5H3. The van der Waals surface area contributed by atoms with Crippen molar-refractivity contribution in [1.29, 1.82) is 0 Å². The van der Waals surface area contributed by atoms with Crippen molar-refractivity contribution in [3.8, 4) is 9.75 Å². The third-order valence-corrected chi connectivity index (χ3v) is 5.21. The fraction of sp³-hybridized carbons (Fsp3) is 0.400. The van der Waals surface area contributed by atoms with Crippen molar-refractivity contribution in [1.82, 2.24) is 0 Å². The van der Waals surface area contributed by atoms with Crippen LogP contribution in [0, 0.1) is 13.8 Å². The molecule has 0 saturated heterocycles. The van der Waals surface area contributed by atoms with Gasteiger partial charge in [-0.25, -0.2) is 4.79 Å². The largest absolute Gasteiger partial charge is 0.456 e. The van der Waals surface area contributed by atoms with E-state index in [-0.39, 0.29) is 5.97 Å². The summed E-state index contributed by atoms with van der Waals surface area (Å²) < 4.78 is 5.41. The van der Waals surface area contributed by atoms with Gasteiger partial charge in [-0.15, -0.1) is 22.7 Å². The van der Waals surface area contributed by atoms with Crippen molar-refractivity contribution < 1.29 is 9.53 Å². The van der Waals surface area contributed by atoms with E-state index in [1.54, 1.807) is 11.3 Å². The summed E-state index contributed by atoms with van der Waals surface area (Å²) >= 11 is 3.12. The zero-order chi connectivity index (χ0) is 15.1. The molecule has 2 rings (SSSR count). The van der Waals surface area contributed by atoms with Crippen LogP contribution in [0.4, 0.5) is 5.69 Å². The zero-order valence-electron chi connectivity index (χ0n) is 12.4. The van der Waals surface area contributed by atoms with Gasteiger partial charge in [0.15, 0.2) is 0 Å². The van der Waals surface area contributed by atoms with Crippen LogP contribution in [0.25, 0.3) is 9.75 Å². The first-order valence-electron chi connectivity index (χ1n) is 6.38. The highest BCUT2D eigenvalue weighted by Gasteiger charge is 2.25. The Balaban J connectivity index is 2.40. The summed E-state index contributed by atoms with van der Waals surface area (Å²) in [6.45, 7) is 9.57. The van der Waals surface area contributed by atoms with Gasteiger partial charge in [0.1, 0.15) is 10.5 Å². The van der Waals surface area contributed by atoms with E-state index in [1.807, 2.05) is 27.7 Å². The van der Waals surface area contributed by atoms with Gasteiger partial charge in [0.25, 0.3) is 0 Å². The molecule has 0 unspecified atom stereocenters. The molecule has 2 heterocycles. The monoisotopic (exact) mass is 309 g/mol. The van der Waals surface area contributed by atoms with E-state index in [1.165, 1.54) is 16.2 Å². The van der Waals surface area contributed by atoms with Crippen LogP contribution in [-0.4, -0.2) is 11.6 Å². The predicted octanol–water partition coefficient (Wildman–Crippen LogP) is 4.63. The van der Waals surface area contributed by atoms with Gasteiger partial charge in [-0.1, -0.05) is 0 Å². The third kappa shape index (κ3) is 3.04. The number of rotatable bonds is 2. The first kappa shape index (κ1) is 15.1. The molecule has 20 heavy (non-hydrogen) atoms. The Hall–Kier alpha value is -1.33. The number of nitrogen functional groups attached to an aromatic ring is 1. The van der Waals surface area contributed by atoms with Crippen molar-refractivity contribution in [2.75, 3.05) is 5.73 Å². The second-order valence-electron chi connectivity index (χ2n) is 5.71. The molecule has 0 aliphatic heterocycles. The smallest absolute Gasteiger partial charge is 0.351 e. The molecule has 0 bridgehead atoms.